The lowest BCUT2D eigenvalue weighted by molar-refractivity contribution is -0.134. The first-order valence-electron chi connectivity index (χ1n) is 6.51. The van der Waals surface area contributed by atoms with Gasteiger partial charge in [0, 0.05) is 12.0 Å². The molecular formula is C17H16O3. The van der Waals surface area contributed by atoms with Gasteiger partial charge in [0.25, 0.3) is 0 Å². The molecule has 0 fully saturated rings. The standard InChI is InChI=1S/C17H16O3/c1-13-7-5-6-10-16(13)20-17(19)12-11-15(18)14-8-3-2-4-9-14/h2-10H,11-12H2,1H3. The smallest absolute Gasteiger partial charge is 0.311 e. The Morgan fingerprint density at radius 2 is 1.55 bits per heavy atom. The number of benzene rings is 2. The third kappa shape index (κ3) is 3.79. The summed E-state index contributed by atoms with van der Waals surface area (Å²) in [4.78, 5) is 23.6. The van der Waals surface area contributed by atoms with E-state index < -0.39 is 0 Å². The molecule has 0 heterocycles. The predicted molar refractivity (Wildman–Crippen MR) is 76.8 cm³/mol. The van der Waals surface area contributed by atoms with Crippen molar-refractivity contribution in [2.24, 2.45) is 0 Å². The van der Waals surface area contributed by atoms with Crippen LogP contribution < -0.4 is 4.74 Å². The number of rotatable bonds is 5. The topological polar surface area (TPSA) is 43.4 Å². The van der Waals surface area contributed by atoms with E-state index in [2.05, 4.69) is 0 Å². The molecule has 0 atom stereocenters. The van der Waals surface area contributed by atoms with Crippen molar-refractivity contribution in [2.75, 3.05) is 0 Å². The average molecular weight is 268 g/mol. The zero-order valence-corrected chi connectivity index (χ0v) is 11.3. The van der Waals surface area contributed by atoms with E-state index in [0.717, 1.165) is 5.56 Å². The summed E-state index contributed by atoms with van der Waals surface area (Å²) in [5.41, 5.74) is 1.52. The van der Waals surface area contributed by atoms with Crippen LogP contribution in [0.15, 0.2) is 54.6 Å². The first kappa shape index (κ1) is 14.0. The van der Waals surface area contributed by atoms with Gasteiger partial charge in [0.2, 0.25) is 0 Å². The van der Waals surface area contributed by atoms with Gasteiger partial charge in [-0.05, 0) is 18.6 Å². The third-order valence-electron chi connectivity index (χ3n) is 2.97. The Bertz CT molecular complexity index is 603. The Hall–Kier alpha value is -2.42. The quantitative estimate of drug-likeness (QED) is 0.473. The highest BCUT2D eigenvalue weighted by molar-refractivity contribution is 5.97. The van der Waals surface area contributed by atoms with Crippen molar-refractivity contribution < 1.29 is 14.3 Å². The maximum Gasteiger partial charge on any atom is 0.311 e. The second kappa shape index (κ2) is 6.66. The Morgan fingerprint density at radius 3 is 2.25 bits per heavy atom. The van der Waals surface area contributed by atoms with Gasteiger partial charge in [-0.3, -0.25) is 9.59 Å². The zero-order valence-electron chi connectivity index (χ0n) is 11.3. The fourth-order valence-corrected chi connectivity index (χ4v) is 1.83. The summed E-state index contributed by atoms with van der Waals surface area (Å²) in [6.07, 6.45) is 0.247. The molecule has 0 saturated heterocycles. The lowest BCUT2D eigenvalue weighted by Gasteiger charge is -2.06. The normalized spacial score (nSPS) is 10.1. The minimum atomic E-state index is -0.386. The monoisotopic (exact) mass is 268 g/mol. The molecule has 0 amide bonds. The van der Waals surface area contributed by atoms with Crippen LogP contribution in [0.1, 0.15) is 28.8 Å². The molecular weight excluding hydrogens is 252 g/mol. The number of Topliss-reactive ketones (excluding diaryl/α,β-unsaturated/α-hetero) is 1. The van der Waals surface area contributed by atoms with Crippen LogP contribution in [0, 0.1) is 6.92 Å². The average Bonchev–Trinajstić information content (AvgIpc) is 2.48. The van der Waals surface area contributed by atoms with E-state index in [-0.39, 0.29) is 24.6 Å². The van der Waals surface area contributed by atoms with Gasteiger partial charge in [0.15, 0.2) is 5.78 Å². The molecule has 0 radical (unpaired) electrons. The molecule has 0 N–H and O–H groups in total. The molecule has 0 unspecified atom stereocenters. The lowest BCUT2D eigenvalue weighted by Crippen LogP contribution is -2.11. The van der Waals surface area contributed by atoms with Gasteiger partial charge in [0.1, 0.15) is 5.75 Å². The van der Waals surface area contributed by atoms with Gasteiger partial charge in [-0.1, -0.05) is 48.5 Å². The molecule has 0 aliphatic rings. The summed E-state index contributed by atoms with van der Waals surface area (Å²) in [5, 5.41) is 0. The van der Waals surface area contributed by atoms with Crippen molar-refractivity contribution in [3.63, 3.8) is 0 Å². The van der Waals surface area contributed by atoms with Crippen LogP contribution in [0.2, 0.25) is 0 Å². The molecule has 2 rings (SSSR count). The minimum Gasteiger partial charge on any atom is -0.426 e. The van der Waals surface area contributed by atoms with Gasteiger partial charge in [-0.25, -0.2) is 0 Å². The zero-order chi connectivity index (χ0) is 14.4. The SMILES string of the molecule is Cc1ccccc1OC(=O)CCC(=O)c1ccccc1. The largest absolute Gasteiger partial charge is 0.426 e. The predicted octanol–water partition coefficient (Wildman–Crippen LogP) is 3.56. The van der Waals surface area contributed by atoms with Crippen LogP contribution in [0.4, 0.5) is 0 Å². The van der Waals surface area contributed by atoms with E-state index >= 15 is 0 Å². The molecule has 0 bridgehead atoms. The van der Waals surface area contributed by atoms with E-state index in [1.807, 2.05) is 31.2 Å². The first-order valence-corrected chi connectivity index (χ1v) is 6.51. The van der Waals surface area contributed by atoms with Crippen molar-refractivity contribution in [3.8, 4) is 5.75 Å². The fourth-order valence-electron chi connectivity index (χ4n) is 1.83. The highest BCUT2D eigenvalue weighted by Gasteiger charge is 2.11. The van der Waals surface area contributed by atoms with Crippen molar-refractivity contribution in [2.45, 2.75) is 19.8 Å². The van der Waals surface area contributed by atoms with Crippen LogP contribution in [0.3, 0.4) is 0 Å². The minimum absolute atomic E-state index is 0.0488. The number of ether oxygens (including phenoxy) is 1. The van der Waals surface area contributed by atoms with E-state index in [0.29, 0.717) is 11.3 Å². The molecule has 0 spiro atoms. The van der Waals surface area contributed by atoms with Crippen LogP contribution >= 0.6 is 0 Å². The number of ketones is 1. The van der Waals surface area contributed by atoms with Crippen LogP contribution in [-0.2, 0) is 4.79 Å². The van der Waals surface area contributed by atoms with Gasteiger partial charge < -0.3 is 4.74 Å². The van der Waals surface area contributed by atoms with Gasteiger partial charge in [-0.2, -0.15) is 0 Å². The lowest BCUT2D eigenvalue weighted by atomic mass is 10.1. The maximum absolute atomic E-state index is 11.9. The number of carbonyl (C=O) groups excluding carboxylic acids is 2. The van der Waals surface area contributed by atoms with Crippen molar-refractivity contribution >= 4 is 11.8 Å². The van der Waals surface area contributed by atoms with E-state index in [1.165, 1.54) is 0 Å². The highest BCUT2D eigenvalue weighted by Crippen LogP contribution is 2.17. The molecule has 102 valence electrons. The summed E-state index contributed by atoms with van der Waals surface area (Å²) in [5.74, 6) is 0.112. The van der Waals surface area contributed by atoms with Crippen LogP contribution in [0.25, 0.3) is 0 Å². The van der Waals surface area contributed by atoms with Crippen molar-refractivity contribution in [1.82, 2.24) is 0 Å². The van der Waals surface area contributed by atoms with E-state index in [1.54, 1.807) is 30.3 Å². The van der Waals surface area contributed by atoms with Crippen molar-refractivity contribution in [1.29, 1.82) is 0 Å². The summed E-state index contributed by atoms with van der Waals surface area (Å²) in [7, 11) is 0. The summed E-state index contributed by atoms with van der Waals surface area (Å²) in [6.45, 7) is 1.87. The highest BCUT2D eigenvalue weighted by atomic mass is 16.5. The molecule has 2 aromatic carbocycles. The second-order valence-electron chi connectivity index (χ2n) is 4.53. The van der Waals surface area contributed by atoms with Crippen molar-refractivity contribution in [3.05, 3.63) is 65.7 Å². The molecule has 0 aromatic heterocycles. The van der Waals surface area contributed by atoms with Gasteiger partial charge >= 0.3 is 5.97 Å². The van der Waals surface area contributed by atoms with Gasteiger partial charge in [-0.15, -0.1) is 0 Å². The fraction of sp³-hybridized carbons (Fsp3) is 0.176. The third-order valence-corrected chi connectivity index (χ3v) is 2.97. The summed E-state index contributed by atoms with van der Waals surface area (Å²) >= 11 is 0. The molecule has 3 nitrogen and oxygen atoms in total. The second-order valence-corrected chi connectivity index (χ2v) is 4.53. The number of hydrogen-bond acceptors (Lipinski definition) is 3. The number of carbonyl (C=O) groups is 2. The molecule has 0 aliphatic heterocycles. The number of para-hydroxylation sites is 1. The van der Waals surface area contributed by atoms with E-state index in [9.17, 15) is 9.59 Å². The molecule has 2 aromatic rings. The molecule has 3 heteroatoms. The molecule has 0 saturated carbocycles. The Labute approximate surface area is 118 Å². The Kier molecular flexibility index (Phi) is 4.66. The van der Waals surface area contributed by atoms with Gasteiger partial charge in [0.05, 0.1) is 6.42 Å². The Morgan fingerprint density at radius 1 is 0.900 bits per heavy atom. The number of hydrogen-bond donors (Lipinski definition) is 0. The van der Waals surface area contributed by atoms with Crippen LogP contribution in [-0.4, -0.2) is 11.8 Å². The van der Waals surface area contributed by atoms with E-state index in [4.69, 9.17) is 4.74 Å². The molecule has 0 aliphatic carbocycles. The number of aryl methyl sites for hydroxylation is 1. The van der Waals surface area contributed by atoms with Crippen LogP contribution in [0.5, 0.6) is 5.75 Å². The molecule has 20 heavy (non-hydrogen) atoms. The summed E-state index contributed by atoms with van der Waals surface area (Å²) < 4.78 is 5.24. The first-order chi connectivity index (χ1) is 9.66. The number of esters is 1. The summed E-state index contributed by atoms with van der Waals surface area (Å²) in [6, 6.07) is 16.3. The Balaban J connectivity index is 1.87. The maximum atomic E-state index is 11.9.